The number of methoxy groups -OCH3 is 1. The number of hydrogen-bond acceptors (Lipinski definition) is 5. The van der Waals surface area contributed by atoms with Crippen molar-refractivity contribution in [3.63, 3.8) is 0 Å². The molecule has 7 nitrogen and oxygen atoms in total. The van der Waals surface area contributed by atoms with Crippen LogP contribution in [-0.2, 0) is 14.8 Å². The molecule has 0 bridgehead atoms. The topological polar surface area (TPSA) is 84.9 Å². The fourth-order valence-electron chi connectivity index (χ4n) is 2.75. The smallest absolute Gasteiger partial charge is 0.267 e. The maximum absolute atomic E-state index is 12.8. The Bertz CT molecular complexity index is 964. The average molecular weight is 411 g/mol. The zero-order valence-electron chi connectivity index (χ0n) is 14.8. The third kappa shape index (κ3) is 3.96. The van der Waals surface area contributed by atoms with Crippen LogP contribution in [-0.4, -0.2) is 39.8 Å². The fourth-order valence-corrected chi connectivity index (χ4v) is 4.05. The van der Waals surface area contributed by atoms with Gasteiger partial charge in [0.25, 0.3) is 5.91 Å². The molecular weight excluding hydrogens is 392 g/mol. The van der Waals surface area contributed by atoms with E-state index in [1.807, 2.05) is 0 Å². The highest BCUT2D eigenvalue weighted by Gasteiger charge is 2.36. The largest absolute Gasteiger partial charge is 0.495 e. The van der Waals surface area contributed by atoms with E-state index >= 15 is 0 Å². The first-order chi connectivity index (χ1) is 12.9. The van der Waals surface area contributed by atoms with Crippen LogP contribution < -0.4 is 19.1 Å². The minimum Gasteiger partial charge on any atom is -0.495 e. The molecule has 0 unspecified atom stereocenters. The summed E-state index contributed by atoms with van der Waals surface area (Å²) in [6, 6.07) is 11.5. The van der Waals surface area contributed by atoms with Crippen molar-refractivity contribution in [3.8, 4) is 11.5 Å². The first kappa shape index (κ1) is 19.3. The summed E-state index contributed by atoms with van der Waals surface area (Å²) < 4.78 is 37.2. The molecule has 27 heavy (non-hydrogen) atoms. The minimum absolute atomic E-state index is 0.0855. The van der Waals surface area contributed by atoms with Gasteiger partial charge in [0.05, 0.1) is 30.8 Å². The number of rotatable bonds is 5. The average Bonchev–Trinajstić information content (AvgIpc) is 2.67. The van der Waals surface area contributed by atoms with Gasteiger partial charge in [-0.05, 0) is 37.3 Å². The minimum atomic E-state index is -3.57. The number of nitrogens with zero attached hydrogens (tertiary/aromatic N) is 1. The normalized spacial score (nSPS) is 16.3. The van der Waals surface area contributed by atoms with Gasteiger partial charge in [-0.1, -0.05) is 23.7 Å². The molecule has 2 aromatic carbocycles. The van der Waals surface area contributed by atoms with Gasteiger partial charge in [0.15, 0.2) is 6.10 Å². The second-order valence-corrected chi connectivity index (χ2v) is 8.46. The number of para-hydroxylation sites is 2. The molecule has 1 amide bonds. The molecule has 144 valence electrons. The molecule has 1 N–H and O–H groups in total. The summed E-state index contributed by atoms with van der Waals surface area (Å²) >= 11 is 5.99. The summed E-state index contributed by atoms with van der Waals surface area (Å²) in [4.78, 5) is 12.8. The highest BCUT2D eigenvalue weighted by Crippen LogP contribution is 2.35. The van der Waals surface area contributed by atoms with Gasteiger partial charge >= 0.3 is 0 Å². The van der Waals surface area contributed by atoms with Crippen molar-refractivity contribution in [2.24, 2.45) is 0 Å². The summed E-state index contributed by atoms with van der Waals surface area (Å²) in [5, 5.41) is 3.12. The molecule has 3 rings (SSSR count). The fraction of sp³-hybridized carbons (Fsp3) is 0.278. The van der Waals surface area contributed by atoms with Crippen molar-refractivity contribution < 1.29 is 22.7 Å². The molecule has 1 aliphatic rings. The summed E-state index contributed by atoms with van der Waals surface area (Å²) in [5.74, 6) is 0.181. The lowest BCUT2D eigenvalue weighted by Gasteiger charge is -2.34. The monoisotopic (exact) mass is 410 g/mol. The zero-order chi connectivity index (χ0) is 19.6. The lowest BCUT2D eigenvalue weighted by atomic mass is 10.2. The van der Waals surface area contributed by atoms with Crippen molar-refractivity contribution >= 4 is 38.9 Å². The van der Waals surface area contributed by atoms with E-state index in [9.17, 15) is 13.2 Å². The molecule has 2 aromatic rings. The van der Waals surface area contributed by atoms with Gasteiger partial charge in [-0.25, -0.2) is 8.42 Å². The molecule has 9 heteroatoms. The predicted octanol–water partition coefficient (Wildman–Crippen LogP) is 2.90. The summed E-state index contributed by atoms with van der Waals surface area (Å²) in [7, 11) is -2.09. The number of carbonyl (C=O) groups excluding carboxylic acids is 1. The van der Waals surface area contributed by atoms with E-state index in [1.165, 1.54) is 11.4 Å². The van der Waals surface area contributed by atoms with Crippen molar-refractivity contribution in [2.45, 2.75) is 13.0 Å². The van der Waals surface area contributed by atoms with Crippen molar-refractivity contribution in [2.75, 3.05) is 29.0 Å². The Labute approximate surface area is 162 Å². The van der Waals surface area contributed by atoms with Crippen LogP contribution in [0.3, 0.4) is 0 Å². The van der Waals surface area contributed by atoms with E-state index in [2.05, 4.69) is 5.32 Å². The second kappa shape index (κ2) is 7.66. The third-order valence-corrected chi connectivity index (χ3v) is 6.13. The van der Waals surface area contributed by atoms with Gasteiger partial charge in [0.1, 0.15) is 11.5 Å². The third-order valence-electron chi connectivity index (χ3n) is 4.15. The zero-order valence-corrected chi connectivity index (χ0v) is 16.4. The number of ether oxygens (including phenoxy) is 2. The maximum atomic E-state index is 12.8. The Hall–Kier alpha value is -2.45. The number of amides is 1. The second-order valence-electron chi connectivity index (χ2n) is 5.84. The highest BCUT2D eigenvalue weighted by molar-refractivity contribution is 7.92. The lowest BCUT2D eigenvalue weighted by Crippen LogP contribution is -2.49. The predicted molar refractivity (Wildman–Crippen MR) is 104 cm³/mol. The van der Waals surface area contributed by atoms with Gasteiger partial charge in [0, 0.05) is 5.02 Å². The molecule has 0 fully saturated rings. The molecule has 0 radical (unpaired) electrons. The van der Waals surface area contributed by atoms with Crippen molar-refractivity contribution in [1.29, 1.82) is 0 Å². The Kier molecular flexibility index (Phi) is 5.48. The molecule has 1 aliphatic heterocycles. The van der Waals surface area contributed by atoms with Gasteiger partial charge in [-0.3, -0.25) is 9.10 Å². The molecule has 1 heterocycles. The van der Waals surface area contributed by atoms with Gasteiger partial charge in [0.2, 0.25) is 10.0 Å². The number of nitrogens with one attached hydrogen (secondary N) is 1. The van der Waals surface area contributed by atoms with Crippen LogP contribution >= 0.6 is 11.6 Å². The van der Waals surface area contributed by atoms with Crippen molar-refractivity contribution in [1.82, 2.24) is 0 Å². The summed E-state index contributed by atoms with van der Waals surface area (Å²) in [5.41, 5.74) is 0.797. The van der Waals surface area contributed by atoms with E-state index in [-0.39, 0.29) is 12.3 Å². The van der Waals surface area contributed by atoms with E-state index in [0.29, 0.717) is 27.9 Å². The Balaban J connectivity index is 1.90. The van der Waals surface area contributed by atoms with E-state index in [4.69, 9.17) is 21.1 Å². The summed E-state index contributed by atoms with van der Waals surface area (Å²) in [6.45, 7) is 1.43. The van der Waals surface area contributed by atoms with Crippen molar-refractivity contribution in [3.05, 3.63) is 47.5 Å². The maximum Gasteiger partial charge on any atom is 0.267 e. The number of anilines is 2. The Morgan fingerprint density at radius 2 is 2.07 bits per heavy atom. The lowest BCUT2D eigenvalue weighted by molar-refractivity contribution is -0.122. The molecule has 0 aromatic heterocycles. The van der Waals surface area contributed by atoms with Crippen LogP contribution in [0, 0.1) is 0 Å². The van der Waals surface area contributed by atoms with Crippen LogP contribution in [0.4, 0.5) is 11.4 Å². The van der Waals surface area contributed by atoms with E-state index < -0.39 is 22.0 Å². The molecule has 0 saturated heterocycles. The molecular formula is C18H19ClN2O5S. The number of carbonyl (C=O) groups is 1. The number of hydrogen-bond donors (Lipinski definition) is 1. The molecule has 0 spiro atoms. The number of halogens is 1. The number of benzene rings is 2. The number of fused-ring (bicyclic) bond motifs is 1. The molecule has 1 atom stereocenters. The highest BCUT2D eigenvalue weighted by atomic mass is 35.5. The Morgan fingerprint density at radius 3 is 2.78 bits per heavy atom. The van der Waals surface area contributed by atoms with Gasteiger partial charge in [-0.15, -0.1) is 0 Å². The standard InChI is InChI=1S/C18H19ClN2O5S/c1-3-27(23,24)21-11-17(26-16-7-5-4-6-14(16)21)18(22)20-13-10-12(19)8-9-15(13)25-2/h4-10,17H,3,11H2,1-2H3,(H,20,22)/t17-/m1/s1. The van der Waals surface area contributed by atoms with Crippen LogP contribution in [0.15, 0.2) is 42.5 Å². The molecule has 0 aliphatic carbocycles. The first-order valence-electron chi connectivity index (χ1n) is 8.26. The summed E-state index contributed by atoms with van der Waals surface area (Å²) in [6.07, 6.45) is -1.02. The van der Waals surface area contributed by atoms with E-state index in [1.54, 1.807) is 49.4 Å². The first-order valence-corrected chi connectivity index (χ1v) is 10.2. The van der Waals surface area contributed by atoms with Crippen LogP contribution in [0.25, 0.3) is 0 Å². The van der Waals surface area contributed by atoms with Crippen LogP contribution in [0.1, 0.15) is 6.92 Å². The van der Waals surface area contributed by atoms with Gasteiger partial charge < -0.3 is 14.8 Å². The van der Waals surface area contributed by atoms with Crippen LogP contribution in [0.2, 0.25) is 5.02 Å². The Morgan fingerprint density at radius 1 is 1.33 bits per heavy atom. The van der Waals surface area contributed by atoms with Gasteiger partial charge in [-0.2, -0.15) is 0 Å². The number of sulfonamides is 1. The van der Waals surface area contributed by atoms with Crippen LogP contribution in [0.5, 0.6) is 11.5 Å². The van der Waals surface area contributed by atoms with E-state index in [0.717, 1.165) is 0 Å². The SMILES string of the molecule is CCS(=O)(=O)N1C[C@H](C(=O)Nc2cc(Cl)ccc2OC)Oc2ccccc21. The molecule has 0 saturated carbocycles. The quantitative estimate of drug-likeness (QED) is 0.819.